The molecular weight excluding hydrogens is 239 g/mol. The third-order valence-corrected chi connectivity index (χ3v) is 2.31. The average molecular weight is 250 g/mol. The molecule has 0 aliphatic carbocycles. The van der Waals surface area contributed by atoms with E-state index in [1.807, 2.05) is 0 Å². The maximum absolute atomic E-state index is 13.1. The van der Waals surface area contributed by atoms with Crippen molar-refractivity contribution in [3.8, 4) is 11.5 Å². The molecule has 0 amide bonds. The van der Waals surface area contributed by atoms with Gasteiger partial charge in [-0.05, 0) is 31.5 Å². The third-order valence-electron chi connectivity index (χ3n) is 2.31. The van der Waals surface area contributed by atoms with Gasteiger partial charge in [-0.15, -0.1) is 10.2 Å². The van der Waals surface area contributed by atoms with E-state index in [4.69, 9.17) is 9.15 Å². The summed E-state index contributed by atoms with van der Waals surface area (Å²) in [5.74, 6) is -1.25. The topological polar surface area (TPSA) is 65.2 Å². The Morgan fingerprint density at radius 1 is 1.44 bits per heavy atom. The van der Waals surface area contributed by atoms with Gasteiger partial charge in [0.1, 0.15) is 5.82 Å². The second kappa shape index (κ2) is 4.95. The molecule has 18 heavy (non-hydrogen) atoms. The fourth-order valence-electron chi connectivity index (χ4n) is 1.43. The normalized spacial score (nSPS) is 10.4. The Balaban J connectivity index is 2.35. The Hall–Kier alpha value is -2.24. The van der Waals surface area contributed by atoms with E-state index in [0.29, 0.717) is 5.56 Å². The lowest BCUT2D eigenvalue weighted by atomic mass is 10.1. The molecule has 0 N–H and O–H groups in total. The van der Waals surface area contributed by atoms with E-state index in [9.17, 15) is 9.18 Å². The number of rotatable bonds is 3. The van der Waals surface area contributed by atoms with Crippen LogP contribution in [0.15, 0.2) is 22.6 Å². The van der Waals surface area contributed by atoms with Crippen LogP contribution in [0.2, 0.25) is 0 Å². The van der Waals surface area contributed by atoms with Crippen molar-refractivity contribution < 1.29 is 18.3 Å². The summed E-state index contributed by atoms with van der Waals surface area (Å²) in [7, 11) is 0. The minimum Gasteiger partial charge on any atom is -0.459 e. The number of ether oxygens (including phenoxy) is 1. The minimum absolute atomic E-state index is 0.0926. The first-order valence-electron chi connectivity index (χ1n) is 5.39. The van der Waals surface area contributed by atoms with Gasteiger partial charge in [-0.1, -0.05) is 6.07 Å². The van der Waals surface area contributed by atoms with Crippen LogP contribution in [0, 0.1) is 12.7 Å². The number of carbonyl (C=O) groups excluding carboxylic acids is 1. The van der Waals surface area contributed by atoms with Crippen LogP contribution in [0.3, 0.4) is 0 Å². The Labute approximate surface area is 103 Å². The van der Waals surface area contributed by atoms with Crippen LogP contribution in [0.4, 0.5) is 4.39 Å². The van der Waals surface area contributed by atoms with Gasteiger partial charge in [-0.25, -0.2) is 9.18 Å². The smallest absolute Gasteiger partial charge is 0.396 e. The fraction of sp³-hybridized carbons (Fsp3) is 0.250. The molecule has 6 heteroatoms. The van der Waals surface area contributed by atoms with E-state index in [-0.39, 0.29) is 18.4 Å². The lowest BCUT2D eigenvalue weighted by molar-refractivity contribution is 0.0481. The fourth-order valence-corrected chi connectivity index (χ4v) is 1.43. The quantitative estimate of drug-likeness (QED) is 0.782. The number of hydrogen-bond acceptors (Lipinski definition) is 5. The SMILES string of the molecule is CCOC(=O)c1nnc(-c2cc(F)ccc2C)o1. The molecule has 94 valence electrons. The predicted molar refractivity (Wildman–Crippen MR) is 60.4 cm³/mol. The molecule has 0 saturated carbocycles. The van der Waals surface area contributed by atoms with Crippen molar-refractivity contribution in [2.24, 2.45) is 0 Å². The van der Waals surface area contributed by atoms with Crippen LogP contribution in [0.25, 0.3) is 11.5 Å². The van der Waals surface area contributed by atoms with Crippen molar-refractivity contribution in [1.29, 1.82) is 0 Å². The molecular formula is C12H11FN2O3. The molecule has 0 bridgehead atoms. The van der Waals surface area contributed by atoms with Gasteiger partial charge in [-0.3, -0.25) is 0 Å². The second-order valence-corrected chi connectivity index (χ2v) is 3.59. The molecule has 0 unspecified atom stereocenters. The van der Waals surface area contributed by atoms with Gasteiger partial charge in [0.15, 0.2) is 0 Å². The Kier molecular flexibility index (Phi) is 3.36. The van der Waals surface area contributed by atoms with Gasteiger partial charge in [-0.2, -0.15) is 0 Å². The summed E-state index contributed by atoms with van der Waals surface area (Å²) in [5.41, 5.74) is 1.23. The molecule has 1 heterocycles. The van der Waals surface area contributed by atoms with Gasteiger partial charge >= 0.3 is 11.9 Å². The molecule has 1 aromatic carbocycles. The molecule has 0 atom stereocenters. The van der Waals surface area contributed by atoms with Gasteiger partial charge in [0.25, 0.3) is 0 Å². The maximum atomic E-state index is 13.1. The van der Waals surface area contributed by atoms with Crippen molar-refractivity contribution in [3.63, 3.8) is 0 Å². The average Bonchev–Trinajstić information content (AvgIpc) is 2.82. The summed E-state index contributed by atoms with van der Waals surface area (Å²) < 4.78 is 23.0. The van der Waals surface area contributed by atoms with Crippen LogP contribution in [-0.4, -0.2) is 22.8 Å². The van der Waals surface area contributed by atoms with Gasteiger partial charge in [0.2, 0.25) is 5.89 Å². The van der Waals surface area contributed by atoms with Crippen LogP contribution in [-0.2, 0) is 4.74 Å². The summed E-state index contributed by atoms with van der Waals surface area (Å²) in [6, 6.07) is 4.21. The monoisotopic (exact) mass is 250 g/mol. The lowest BCUT2D eigenvalue weighted by Gasteiger charge is -2.00. The van der Waals surface area contributed by atoms with E-state index < -0.39 is 11.8 Å². The molecule has 0 saturated heterocycles. The number of aromatic nitrogens is 2. The molecule has 2 aromatic rings. The minimum atomic E-state index is -0.690. The highest BCUT2D eigenvalue weighted by Crippen LogP contribution is 2.23. The van der Waals surface area contributed by atoms with Crippen LogP contribution in [0.5, 0.6) is 0 Å². The van der Waals surface area contributed by atoms with Gasteiger partial charge in [0, 0.05) is 5.56 Å². The number of aryl methyl sites for hydroxylation is 1. The Morgan fingerprint density at radius 2 is 2.22 bits per heavy atom. The highest BCUT2D eigenvalue weighted by molar-refractivity contribution is 5.84. The molecule has 0 radical (unpaired) electrons. The second-order valence-electron chi connectivity index (χ2n) is 3.59. The molecule has 0 spiro atoms. The van der Waals surface area contributed by atoms with Crippen molar-refractivity contribution in [2.45, 2.75) is 13.8 Å². The highest BCUT2D eigenvalue weighted by Gasteiger charge is 2.18. The van der Waals surface area contributed by atoms with E-state index >= 15 is 0 Å². The summed E-state index contributed by atoms with van der Waals surface area (Å²) in [4.78, 5) is 11.3. The first-order valence-corrected chi connectivity index (χ1v) is 5.39. The Bertz CT molecular complexity index is 580. The molecule has 0 aliphatic heterocycles. The summed E-state index contributed by atoms with van der Waals surface area (Å²) in [5, 5.41) is 7.28. The van der Waals surface area contributed by atoms with Crippen molar-refractivity contribution >= 4 is 5.97 Å². The Morgan fingerprint density at radius 3 is 2.94 bits per heavy atom. The molecule has 5 nitrogen and oxygen atoms in total. The number of nitrogens with zero attached hydrogens (tertiary/aromatic N) is 2. The maximum Gasteiger partial charge on any atom is 0.396 e. The largest absolute Gasteiger partial charge is 0.459 e. The molecule has 2 rings (SSSR count). The number of benzene rings is 1. The van der Waals surface area contributed by atoms with Crippen molar-refractivity contribution in [1.82, 2.24) is 10.2 Å². The molecule has 0 aliphatic rings. The van der Waals surface area contributed by atoms with E-state index in [2.05, 4.69) is 10.2 Å². The van der Waals surface area contributed by atoms with Crippen molar-refractivity contribution in [2.75, 3.05) is 6.61 Å². The lowest BCUT2D eigenvalue weighted by Crippen LogP contribution is -2.04. The van der Waals surface area contributed by atoms with Crippen molar-refractivity contribution in [3.05, 3.63) is 35.5 Å². The van der Waals surface area contributed by atoms with E-state index in [0.717, 1.165) is 5.56 Å². The number of hydrogen-bond donors (Lipinski definition) is 0. The summed E-state index contributed by atoms with van der Waals surface area (Å²) in [6.07, 6.45) is 0. The standard InChI is InChI=1S/C12H11FN2O3/c1-3-17-12(16)11-15-14-10(18-11)9-6-8(13)5-4-7(9)2/h4-6H,3H2,1-2H3. The van der Waals surface area contributed by atoms with E-state index in [1.165, 1.54) is 12.1 Å². The highest BCUT2D eigenvalue weighted by atomic mass is 19.1. The molecule has 0 fully saturated rings. The van der Waals surface area contributed by atoms with Crippen LogP contribution in [0.1, 0.15) is 23.2 Å². The van der Waals surface area contributed by atoms with E-state index in [1.54, 1.807) is 19.9 Å². The zero-order valence-corrected chi connectivity index (χ0v) is 9.94. The summed E-state index contributed by atoms with van der Waals surface area (Å²) in [6.45, 7) is 3.67. The first kappa shape index (κ1) is 12.2. The zero-order chi connectivity index (χ0) is 13.1. The zero-order valence-electron chi connectivity index (χ0n) is 9.94. The number of carbonyl (C=O) groups is 1. The number of halogens is 1. The molecule has 1 aromatic heterocycles. The first-order chi connectivity index (χ1) is 8.61. The number of esters is 1. The van der Waals surface area contributed by atoms with Gasteiger partial charge < -0.3 is 9.15 Å². The van der Waals surface area contributed by atoms with Crippen LogP contribution < -0.4 is 0 Å². The van der Waals surface area contributed by atoms with Gasteiger partial charge in [0.05, 0.1) is 6.61 Å². The summed E-state index contributed by atoms with van der Waals surface area (Å²) >= 11 is 0. The predicted octanol–water partition coefficient (Wildman–Crippen LogP) is 2.36. The third kappa shape index (κ3) is 2.37. The van der Waals surface area contributed by atoms with Crippen LogP contribution >= 0.6 is 0 Å².